The van der Waals surface area contributed by atoms with Gasteiger partial charge < -0.3 is 5.11 Å². The van der Waals surface area contributed by atoms with Gasteiger partial charge in [0.05, 0.1) is 0 Å². The van der Waals surface area contributed by atoms with Gasteiger partial charge >= 0.3 is 0 Å². The Labute approximate surface area is 150 Å². The maximum absolute atomic E-state index is 9.92. The zero-order valence-corrected chi connectivity index (χ0v) is 15.2. The van der Waals surface area contributed by atoms with Crippen LogP contribution in [0.2, 0.25) is 0 Å². The average molecular weight is 344 g/mol. The minimum Gasteiger partial charge on any atom is -0.508 e. The standard InChI is InChI=1S/C21H25NO.ClH/c1-15-20-12-17-8-9-18(23)13-19(17)21(15,2)10-11-22(20)14-16-6-4-3-5-7-16;/h3-9,13,15,20,23H,10-12,14H2,1-2H3;1H/t15-,20+,21-;/m0./s1. The Bertz CT molecular complexity index is 717. The molecule has 0 radical (unpaired) electrons. The van der Waals surface area contributed by atoms with Gasteiger partial charge in [-0.05, 0) is 59.5 Å². The molecule has 2 bridgehead atoms. The fourth-order valence-electron chi connectivity index (χ4n) is 4.71. The quantitative estimate of drug-likeness (QED) is 0.865. The molecule has 3 heteroatoms. The molecule has 4 rings (SSSR count). The molecule has 2 aromatic rings. The molecule has 1 aliphatic heterocycles. The SMILES string of the molecule is C[C@H]1[C@H]2Cc3ccc(O)cc3[C@@]1(C)CCN2Cc1ccccc1.Cl. The monoisotopic (exact) mass is 343 g/mol. The number of benzene rings is 2. The molecule has 0 spiro atoms. The average Bonchev–Trinajstić information content (AvgIpc) is 2.55. The Morgan fingerprint density at radius 3 is 2.67 bits per heavy atom. The molecule has 0 saturated carbocycles. The van der Waals surface area contributed by atoms with Crippen molar-refractivity contribution in [2.24, 2.45) is 5.92 Å². The van der Waals surface area contributed by atoms with Crippen molar-refractivity contribution in [3.8, 4) is 5.75 Å². The summed E-state index contributed by atoms with van der Waals surface area (Å²) >= 11 is 0. The van der Waals surface area contributed by atoms with Crippen LogP contribution < -0.4 is 0 Å². The molecule has 0 amide bonds. The first-order valence-corrected chi connectivity index (χ1v) is 8.68. The second-order valence-electron chi connectivity index (χ2n) is 7.53. The molecule has 2 aromatic carbocycles. The molecule has 3 atom stereocenters. The molecule has 0 aromatic heterocycles. The van der Waals surface area contributed by atoms with Crippen molar-refractivity contribution in [1.29, 1.82) is 0 Å². The van der Waals surface area contributed by atoms with Gasteiger partial charge in [-0.3, -0.25) is 4.90 Å². The summed E-state index contributed by atoms with van der Waals surface area (Å²) < 4.78 is 0. The maximum atomic E-state index is 9.92. The molecule has 1 N–H and O–H groups in total. The lowest BCUT2D eigenvalue weighted by molar-refractivity contribution is 0.0258. The Hall–Kier alpha value is -1.51. The lowest BCUT2D eigenvalue weighted by atomic mass is 9.59. The second kappa shape index (κ2) is 6.42. The molecule has 1 aliphatic carbocycles. The van der Waals surface area contributed by atoms with E-state index in [9.17, 15) is 5.11 Å². The summed E-state index contributed by atoms with van der Waals surface area (Å²) in [5.41, 5.74) is 4.39. The second-order valence-corrected chi connectivity index (χ2v) is 7.53. The molecular formula is C21H26ClNO. The number of phenolic OH excluding ortho intramolecular Hbond substituents is 1. The molecule has 1 heterocycles. The van der Waals surface area contributed by atoms with Crippen molar-refractivity contribution < 1.29 is 5.11 Å². The summed E-state index contributed by atoms with van der Waals surface area (Å²) in [7, 11) is 0. The van der Waals surface area contributed by atoms with Crippen LogP contribution in [0.25, 0.3) is 0 Å². The van der Waals surface area contributed by atoms with E-state index in [0.29, 0.717) is 17.7 Å². The minimum atomic E-state index is 0. The van der Waals surface area contributed by atoms with Gasteiger partial charge in [-0.15, -0.1) is 12.4 Å². The number of piperidine rings is 1. The third-order valence-corrected chi connectivity index (χ3v) is 6.34. The highest BCUT2D eigenvalue weighted by molar-refractivity contribution is 5.85. The van der Waals surface area contributed by atoms with Crippen molar-refractivity contribution in [1.82, 2.24) is 4.90 Å². The smallest absolute Gasteiger partial charge is 0.115 e. The largest absolute Gasteiger partial charge is 0.508 e. The number of likely N-dealkylation sites (tertiary alicyclic amines) is 1. The highest BCUT2D eigenvalue weighted by atomic mass is 35.5. The molecule has 1 saturated heterocycles. The van der Waals surface area contributed by atoms with Crippen molar-refractivity contribution >= 4 is 12.4 Å². The van der Waals surface area contributed by atoms with Crippen LogP contribution in [0.4, 0.5) is 0 Å². The van der Waals surface area contributed by atoms with Crippen molar-refractivity contribution in [3.63, 3.8) is 0 Å². The normalized spacial score (nSPS) is 28.8. The summed E-state index contributed by atoms with van der Waals surface area (Å²) in [6.45, 7) is 6.96. The van der Waals surface area contributed by atoms with E-state index in [0.717, 1.165) is 25.9 Å². The van der Waals surface area contributed by atoms with Crippen LogP contribution in [-0.2, 0) is 18.4 Å². The molecule has 2 nitrogen and oxygen atoms in total. The summed E-state index contributed by atoms with van der Waals surface area (Å²) in [5, 5.41) is 9.92. The van der Waals surface area contributed by atoms with E-state index in [1.54, 1.807) is 0 Å². The maximum Gasteiger partial charge on any atom is 0.115 e. The lowest BCUT2D eigenvalue weighted by Crippen LogP contribution is -2.57. The fraction of sp³-hybridized carbons (Fsp3) is 0.429. The highest BCUT2D eigenvalue weighted by Gasteiger charge is 2.48. The zero-order chi connectivity index (χ0) is 16.0. The van der Waals surface area contributed by atoms with E-state index in [-0.39, 0.29) is 17.8 Å². The van der Waals surface area contributed by atoms with E-state index in [1.165, 1.54) is 16.7 Å². The van der Waals surface area contributed by atoms with Gasteiger partial charge in [0, 0.05) is 12.6 Å². The Morgan fingerprint density at radius 1 is 1.17 bits per heavy atom. The first-order chi connectivity index (χ1) is 11.1. The zero-order valence-electron chi connectivity index (χ0n) is 14.4. The molecule has 2 aliphatic rings. The Morgan fingerprint density at radius 2 is 1.92 bits per heavy atom. The van der Waals surface area contributed by atoms with Crippen molar-refractivity contribution in [2.45, 2.75) is 44.7 Å². The van der Waals surface area contributed by atoms with Gasteiger partial charge in [-0.2, -0.15) is 0 Å². The first-order valence-electron chi connectivity index (χ1n) is 8.68. The van der Waals surface area contributed by atoms with Gasteiger partial charge in [0.15, 0.2) is 0 Å². The molecular weight excluding hydrogens is 318 g/mol. The van der Waals surface area contributed by atoms with E-state index in [4.69, 9.17) is 0 Å². The van der Waals surface area contributed by atoms with E-state index < -0.39 is 0 Å². The fourth-order valence-corrected chi connectivity index (χ4v) is 4.71. The van der Waals surface area contributed by atoms with Crippen LogP contribution in [0.3, 0.4) is 0 Å². The number of hydrogen-bond acceptors (Lipinski definition) is 2. The predicted molar refractivity (Wildman–Crippen MR) is 101 cm³/mol. The van der Waals surface area contributed by atoms with Crippen LogP contribution in [0.1, 0.15) is 37.0 Å². The van der Waals surface area contributed by atoms with Crippen LogP contribution >= 0.6 is 12.4 Å². The topological polar surface area (TPSA) is 23.5 Å². The summed E-state index contributed by atoms with van der Waals surface area (Å²) in [6, 6.07) is 17.4. The third kappa shape index (κ3) is 2.72. The van der Waals surface area contributed by atoms with E-state index >= 15 is 0 Å². The van der Waals surface area contributed by atoms with Crippen LogP contribution in [0.15, 0.2) is 48.5 Å². The first kappa shape index (κ1) is 17.3. The minimum absolute atomic E-state index is 0. The van der Waals surface area contributed by atoms with Gasteiger partial charge in [0.25, 0.3) is 0 Å². The van der Waals surface area contributed by atoms with Gasteiger partial charge in [-0.1, -0.05) is 50.2 Å². The van der Waals surface area contributed by atoms with E-state index in [2.05, 4.69) is 55.1 Å². The third-order valence-electron chi connectivity index (χ3n) is 6.34. The van der Waals surface area contributed by atoms with E-state index in [1.807, 2.05) is 12.1 Å². The number of fused-ring (bicyclic) bond motifs is 4. The Kier molecular flexibility index (Phi) is 4.63. The lowest BCUT2D eigenvalue weighted by Gasteiger charge is -2.54. The number of hydrogen-bond donors (Lipinski definition) is 1. The van der Waals surface area contributed by atoms with Crippen LogP contribution in [-0.4, -0.2) is 22.6 Å². The molecule has 0 unspecified atom stereocenters. The van der Waals surface area contributed by atoms with Gasteiger partial charge in [0.1, 0.15) is 5.75 Å². The molecule has 1 fully saturated rings. The van der Waals surface area contributed by atoms with Crippen LogP contribution in [0, 0.1) is 5.92 Å². The number of rotatable bonds is 2. The van der Waals surface area contributed by atoms with Crippen LogP contribution in [0.5, 0.6) is 5.75 Å². The number of nitrogens with zero attached hydrogens (tertiary/aromatic N) is 1. The van der Waals surface area contributed by atoms with Crippen molar-refractivity contribution in [3.05, 3.63) is 65.2 Å². The van der Waals surface area contributed by atoms with Gasteiger partial charge in [-0.25, -0.2) is 0 Å². The number of halogens is 1. The van der Waals surface area contributed by atoms with Gasteiger partial charge in [0.2, 0.25) is 0 Å². The predicted octanol–water partition coefficient (Wildman–Crippen LogP) is 4.54. The summed E-state index contributed by atoms with van der Waals surface area (Å²) in [5.74, 6) is 1.01. The number of aromatic hydroxyl groups is 1. The Balaban J connectivity index is 0.00000169. The summed E-state index contributed by atoms with van der Waals surface area (Å²) in [6.07, 6.45) is 2.26. The number of phenols is 1. The molecule has 128 valence electrons. The highest BCUT2D eigenvalue weighted by Crippen LogP contribution is 2.49. The molecule has 24 heavy (non-hydrogen) atoms. The van der Waals surface area contributed by atoms with Crippen molar-refractivity contribution in [2.75, 3.05) is 6.54 Å². The summed E-state index contributed by atoms with van der Waals surface area (Å²) in [4.78, 5) is 2.66.